The average Bonchev–Trinajstić information content (AvgIpc) is 3.45. The Hall–Kier alpha value is -4.13. The Morgan fingerprint density at radius 3 is 1.96 bits per heavy atom. The molecule has 2 aromatic carbocycles. The van der Waals surface area contributed by atoms with E-state index in [4.69, 9.17) is 17.2 Å². The van der Waals surface area contributed by atoms with Gasteiger partial charge in [0.25, 0.3) is 0 Å². The molecule has 50 heavy (non-hydrogen) atoms. The second-order valence-electron chi connectivity index (χ2n) is 14.6. The Kier molecular flexibility index (Phi) is 13.3. The lowest BCUT2D eigenvalue weighted by Gasteiger charge is -2.38. The highest BCUT2D eigenvalue weighted by Crippen LogP contribution is 2.31. The van der Waals surface area contributed by atoms with Gasteiger partial charge in [0.1, 0.15) is 17.6 Å². The van der Waals surface area contributed by atoms with Crippen molar-refractivity contribution in [2.45, 2.75) is 101 Å². The van der Waals surface area contributed by atoms with Gasteiger partial charge in [-0.2, -0.15) is 0 Å². The van der Waals surface area contributed by atoms with Crippen molar-refractivity contribution in [2.24, 2.45) is 29.0 Å². The number of ketones is 1. The van der Waals surface area contributed by atoms with Crippen molar-refractivity contribution in [1.82, 2.24) is 15.5 Å². The molecule has 2 aliphatic rings. The molecule has 0 saturated carbocycles. The van der Waals surface area contributed by atoms with E-state index in [0.717, 1.165) is 16.7 Å². The van der Waals surface area contributed by atoms with Crippen LogP contribution in [0.3, 0.4) is 0 Å². The number of carbonyl (C=O) groups is 5. The van der Waals surface area contributed by atoms with Gasteiger partial charge in [0.15, 0.2) is 5.78 Å². The number of fused-ring (bicyclic) bond motifs is 1. The van der Waals surface area contributed by atoms with E-state index < -0.39 is 46.9 Å². The summed E-state index contributed by atoms with van der Waals surface area (Å²) in [5.74, 6) is -3.32. The predicted molar refractivity (Wildman–Crippen MR) is 191 cm³/mol. The molecule has 1 aliphatic heterocycles. The number of nitrogens with zero attached hydrogens (tertiary/aromatic N) is 1. The standard InChI is InChI=1S/C38H54N6O6/c1-25(2)20-31(34(47)42-30(14-8-9-17-39)35(48)44-18-15-37(40,16-19-44)36(49)50)43-33(46)29(21-26-10-4-3-5-11-26)22-32(45)38(41)23-27-12-6-7-13-28(27)24-38/h3-7,10-13,25,29-31H,8-9,14-24,39-41H2,1-2H3,(H,42,47)(H,43,46)(H,49,50)/t29-,30+,31?/m0/s1. The fraction of sp³-hybridized carbons (Fsp3) is 0.553. The number of carbonyl (C=O) groups excluding carboxylic acids is 4. The van der Waals surface area contributed by atoms with Crippen LogP contribution >= 0.6 is 0 Å². The molecule has 4 rings (SSSR count). The van der Waals surface area contributed by atoms with Crippen LogP contribution in [0.1, 0.15) is 75.5 Å². The summed E-state index contributed by atoms with van der Waals surface area (Å²) in [6.45, 7) is 4.61. The molecule has 3 atom stereocenters. The topological polar surface area (TPSA) is 211 Å². The van der Waals surface area contributed by atoms with Gasteiger partial charge in [-0.3, -0.25) is 24.0 Å². The lowest BCUT2D eigenvalue weighted by Crippen LogP contribution is -2.60. The fourth-order valence-corrected chi connectivity index (χ4v) is 7.00. The predicted octanol–water partition coefficient (Wildman–Crippen LogP) is 1.85. The summed E-state index contributed by atoms with van der Waals surface area (Å²) in [5, 5.41) is 15.4. The first kappa shape index (κ1) is 38.7. The maximum atomic E-state index is 14.1. The molecule has 9 N–H and O–H groups in total. The van der Waals surface area contributed by atoms with Crippen molar-refractivity contribution in [3.63, 3.8) is 0 Å². The van der Waals surface area contributed by atoms with Crippen molar-refractivity contribution in [1.29, 1.82) is 0 Å². The molecule has 1 saturated heterocycles. The molecule has 1 heterocycles. The minimum absolute atomic E-state index is 0.0201. The average molecular weight is 691 g/mol. The first-order chi connectivity index (χ1) is 23.7. The van der Waals surface area contributed by atoms with E-state index in [1.807, 2.05) is 68.4 Å². The van der Waals surface area contributed by atoms with Crippen molar-refractivity contribution in [2.75, 3.05) is 19.6 Å². The minimum Gasteiger partial charge on any atom is -0.480 e. The van der Waals surface area contributed by atoms with Crippen LogP contribution in [0.5, 0.6) is 0 Å². The number of carboxylic acids is 1. The van der Waals surface area contributed by atoms with Gasteiger partial charge in [0, 0.05) is 25.4 Å². The zero-order chi connectivity index (χ0) is 36.5. The van der Waals surface area contributed by atoms with Crippen molar-refractivity contribution >= 4 is 29.5 Å². The summed E-state index contributed by atoms with van der Waals surface area (Å²) < 4.78 is 0. The lowest BCUT2D eigenvalue weighted by atomic mass is 9.83. The summed E-state index contributed by atoms with van der Waals surface area (Å²) in [7, 11) is 0. The van der Waals surface area contributed by atoms with E-state index in [2.05, 4.69) is 10.6 Å². The van der Waals surface area contributed by atoms with Gasteiger partial charge < -0.3 is 37.8 Å². The summed E-state index contributed by atoms with van der Waals surface area (Å²) >= 11 is 0. The van der Waals surface area contributed by atoms with Crippen molar-refractivity contribution in [3.8, 4) is 0 Å². The Balaban J connectivity index is 1.50. The molecule has 1 fully saturated rings. The molecule has 1 unspecified atom stereocenters. The molecular formula is C38H54N6O6. The number of aliphatic carboxylic acids is 1. The number of carboxylic acid groups (broad SMARTS) is 1. The third-order valence-electron chi connectivity index (χ3n) is 10.1. The highest BCUT2D eigenvalue weighted by Gasteiger charge is 2.43. The zero-order valence-corrected chi connectivity index (χ0v) is 29.4. The molecule has 2 aromatic rings. The number of unbranched alkanes of at least 4 members (excludes halogenated alkanes) is 1. The number of rotatable bonds is 17. The van der Waals surface area contributed by atoms with E-state index in [1.54, 1.807) is 4.90 Å². The fourth-order valence-electron chi connectivity index (χ4n) is 7.00. The smallest absolute Gasteiger partial charge is 0.323 e. The monoisotopic (exact) mass is 690 g/mol. The molecule has 12 nitrogen and oxygen atoms in total. The Bertz CT molecular complexity index is 1480. The Labute approximate surface area is 294 Å². The molecule has 0 aromatic heterocycles. The van der Waals surface area contributed by atoms with Crippen LogP contribution in [0.2, 0.25) is 0 Å². The maximum absolute atomic E-state index is 14.1. The van der Waals surface area contributed by atoms with Gasteiger partial charge >= 0.3 is 5.97 Å². The largest absolute Gasteiger partial charge is 0.480 e. The number of hydrogen-bond acceptors (Lipinski definition) is 8. The van der Waals surface area contributed by atoms with Gasteiger partial charge in [-0.1, -0.05) is 68.4 Å². The summed E-state index contributed by atoms with van der Waals surface area (Å²) in [4.78, 5) is 68.7. The van der Waals surface area contributed by atoms with E-state index in [1.165, 1.54) is 0 Å². The lowest BCUT2D eigenvalue weighted by molar-refractivity contribution is -0.148. The van der Waals surface area contributed by atoms with Gasteiger partial charge in [0.05, 0.1) is 5.54 Å². The van der Waals surface area contributed by atoms with E-state index in [0.29, 0.717) is 45.1 Å². The van der Waals surface area contributed by atoms with Gasteiger partial charge in [-0.15, -0.1) is 0 Å². The number of Topliss-reactive ketones (excluding diaryl/α,β-unsaturated/α-hetero) is 1. The van der Waals surface area contributed by atoms with Crippen LogP contribution in [-0.4, -0.2) is 82.3 Å². The SMILES string of the molecule is CC(C)CC(NC(=O)[C@H](CC(=O)C1(N)Cc2ccccc2C1)Cc1ccccc1)C(=O)N[C@H](CCCCN)C(=O)N1CCC(N)(C(=O)O)CC1. The van der Waals surface area contributed by atoms with Crippen molar-refractivity contribution in [3.05, 3.63) is 71.3 Å². The van der Waals surface area contributed by atoms with Gasteiger partial charge in [-0.05, 0) is 86.9 Å². The second-order valence-corrected chi connectivity index (χ2v) is 14.6. The van der Waals surface area contributed by atoms with E-state index in [9.17, 15) is 29.1 Å². The first-order valence-corrected chi connectivity index (χ1v) is 17.8. The number of nitrogens with one attached hydrogen (secondary N) is 2. The summed E-state index contributed by atoms with van der Waals surface area (Å²) in [5.41, 5.74) is 18.9. The van der Waals surface area contributed by atoms with Crippen LogP contribution in [0.25, 0.3) is 0 Å². The van der Waals surface area contributed by atoms with Gasteiger partial charge in [-0.25, -0.2) is 0 Å². The van der Waals surface area contributed by atoms with Crippen LogP contribution in [-0.2, 0) is 43.2 Å². The normalized spacial score (nSPS) is 18.1. The molecule has 272 valence electrons. The minimum atomic E-state index is -1.40. The van der Waals surface area contributed by atoms with Crippen molar-refractivity contribution < 1.29 is 29.1 Å². The third kappa shape index (κ3) is 9.98. The number of nitrogens with two attached hydrogens (primary N) is 3. The molecule has 0 spiro atoms. The molecule has 0 radical (unpaired) electrons. The number of hydrogen-bond donors (Lipinski definition) is 6. The third-order valence-corrected chi connectivity index (χ3v) is 10.1. The van der Waals surface area contributed by atoms with Crippen LogP contribution < -0.4 is 27.8 Å². The van der Waals surface area contributed by atoms with Crippen LogP contribution in [0.4, 0.5) is 0 Å². The summed E-state index contributed by atoms with van der Waals surface area (Å²) in [6.07, 6.45) is 3.08. The molecule has 0 bridgehead atoms. The zero-order valence-electron chi connectivity index (χ0n) is 29.4. The molecule has 1 aliphatic carbocycles. The summed E-state index contributed by atoms with van der Waals surface area (Å²) in [6, 6.07) is 15.4. The quantitative estimate of drug-likeness (QED) is 0.134. The van der Waals surface area contributed by atoms with E-state index in [-0.39, 0.29) is 56.4 Å². The Morgan fingerprint density at radius 2 is 1.40 bits per heavy atom. The highest BCUT2D eigenvalue weighted by molar-refractivity contribution is 5.96. The van der Waals surface area contributed by atoms with Crippen LogP contribution in [0.15, 0.2) is 54.6 Å². The number of piperidine rings is 1. The Morgan fingerprint density at radius 1 is 0.820 bits per heavy atom. The number of benzene rings is 2. The number of amides is 3. The van der Waals surface area contributed by atoms with E-state index >= 15 is 0 Å². The molecular weight excluding hydrogens is 636 g/mol. The number of likely N-dealkylation sites (tertiary alicyclic amines) is 1. The first-order valence-electron chi connectivity index (χ1n) is 17.8. The second kappa shape index (κ2) is 17.2. The van der Waals surface area contributed by atoms with Crippen LogP contribution in [0, 0.1) is 11.8 Å². The molecule has 3 amide bonds. The van der Waals surface area contributed by atoms with Gasteiger partial charge in [0.2, 0.25) is 17.7 Å². The molecule has 12 heteroatoms. The maximum Gasteiger partial charge on any atom is 0.323 e. The highest BCUT2D eigenvalue weighted by atomic mass is 16.4.